The van der Waals surface area contributed by atoms with E-state index in [4.69, 9.17) is 0 Å². The van der Waals surface area contributed by atoms with Crippen molar-refractivity contribution >= 4 is 11.9 Å². The first-order valence-corrected chi connectivity index (χ1v) is 4.42. The number of urea groups is 1. The molecule has 1 heterocycles. The molecule has 0 saturated carbocycles. The standard InChI is InChI=1S/C10H9FN2O2/c1-13-8(9(14)12-10(13)15)6-2-4-7(11)5-3-6/h2-5,8H,1H3,(H,12,14,15). The van der Waals surface area contributed by atoms with E-state index in [2.05, 4.69) is 5.32 Å². The largest absolute Gasteiger partial charge is 0.324 e. The second-order valence-corrected chi connectivity index (χ2v) is 3.36. The van der Waals surface area contributed by atoms with Gasteiger partial charge in [0.25, 0.3) is 5.91 Å². The Labute approximate surface area is 85.7 Å². The van der Waals surface area contributed by atoms with Crippen LogP contribution in [-0.4, -0.2) is 23.9 Å². The van der Waals surface area contributed by atoms with E-state index in [1.165, 1.54) is 36.2 Å². The van der Waals surface area contributed by atoms with Gasteiger partial charge in [0.15, 0.2) is 0 Å². The number of halogens is 1. The first-order valence-electron chi connectivity index (χ1n) is 4.42. The van der Waals surface area contributed by atoms with Crippen LogP contribution in [0.25, 0.3) is 0 Å². The van der Waals surface area contributed by atoms with Crippen molar-refractivity contribution in [2.45, 2.75) is 6.04 Å². The van der Waals surface area contributed by atoms with Crippen LogP contribution in [0.4, 0.5) is 9.18 Å². The fourth-order valence-electron chi connectivity index (χ4n) is 1.58. The van der Waals surface area contributed by atoms with Crippen LogP contribution in [0.5, 0.6) is 0 Å². The van der Waals surface area contributed by atoms with Gasteiger partial charge in [-0.15, -0.1) is 0 Å². The average molecular weight is 208 g/mol. The van der Waals surface area contributed by atoms with Crippen molar-refractivity contribution in [2.75, 3.05) is 7.05 Å². The van der Waals surface area contributed by atoms with Gasteiger partial charge in [-0.25, -0.2) is 9.18 Å². The summed E-state index contributed by atoms with van der Waals surface area (Å²) in [7, 11) is 1.52. The molecule has 1 aliphatic rings. The minimum Gasteiger partial charge on any atom is -0.311 e. The van der Waals surface area contributed by atoms with Gasteiger partial charge in [0.05, 0.1) is 0 Å². The highest BCUT2D eigenvalue weighted by Gasteiger charge is 2.36. The van der Waals surface area contributed by atoms with E-state index in [1.54, 1.807) is 0 Å². The van der Waals surface area contributed by atoms with Gasteiger partial charge in [-0.1, -0.05) is 12.1 Å². The van der Waals surface area contributed by atoms with Gasteiger partial charge in [0.1, 0.15) is 11.9 Å². The van der Waals surface area contributed by atoms with E-state index in [-0.39, 0.29) is 11.7 Å². The molecule has 1 fully saturated rings. The normalized spacial score (nSPS) is 20.7. The molecule has 15 heavy (non-hydrogen) atoms. The molecule has 0 radical (unpaired) electrons. The van der Waals surface area contributed by atoms with E-state index >= 15 is 0 Å². The molecular weight excluding hydrogens is 199 g/mol. The van der Waals surface area contributed by atoms with Gasteiger partial charge in [0, 0.05) is 7.05 Å². The molecule has 1 saturated heterocycles. The minimum atomic E-state index is -0.655. The Balaban J connectivity index is 2.34. The zero-order chi connectivity index (χ0) is 11.0. The maximum Gasteiger partial charge on any atom is 0.324 e. The zero-order valence-electron chi connectivity index (χ0n) is 8.03. The summed E-state index contributed by atoms with van der Waals surface area (Å²) in [5.41, 5.74) is 0.599. The molecule has 0 aromatic heterocycles. The molecule has 2 rings (SSSR count). The molecule has 1 aromatic rings. The number of amides is 3. The number of imide groups is 1. The lowest BCUT2D eigenvalue weighted by atomic mass is 10.1. The molecule has 0 aliphatic carbocycles. The second-order valence-electron chi connectivity index (χ2n) is 3.36. The molecule has 1 unspecified atom stereocenters. The number of hydrogen-bond donors (Lipinski definition) is 1. The first-order chi connectivity index (χ1) is 7.09. The van der Waals surface area contributed by atoms with Gasteiger partial charge in [-0.3, -0.25) is 10.1 Å². The quantitative estimate of drug-likeness (QED) is 0.701. The fraction of sp³-hybridized carbons (Fsp3) is 0.200. The zero-order valence-corrected chi connectivity index (χ0v) is 8.03. The third-order valence-electron chi connectivity index (χ3n) is 2.37. The summed E-state index contributed by atoms with van der Waals surface area (Å²) in [4.78, 5) is 23.9. The Morgan fingerprint density at radius 2 is 1.87 bits per heavy atom. The molecule has 4 nitrogen and oxygen atoms in total. The number of rotatable bonds is 1. The summed E-state index contributed by atoms with van der Waals surface area (Å²) < 4.78 is 12.7. The third kappa shape index (κ3) is 1.56. The molecule has 3 amide bonds. The maximum atomic E-state index is 12.7. The molecule has 1 atom stereocenters. The van der Waals surface area contributed by atoms with Crippen molar-refractivity contribution in [3.05, 3.63) is 35.6 Å². The van der Waals surface area contributed by atoms with Gasteiger partial charge in [-0.05, 0) is 17.7 Å². The second kappa shape index (κ2) is 3.34. The molecule has 5 heteroatoms. The Bertz CT molecular complexity index is 416. The lowest BCUT2D eigenvalue weighted by Crippen LogP contribution is -2.25. The van der Waals surface area contributed by atoms with Gasteiger partial charge >= 0.3 is 6.03 Å². The predicted octanol–water partition coefficient (Wildman–Crippen LogP) is 1.05. The minimum absolute atomic E-state index is 0.369. The van der Waals surface area contributed by atoms with Crippen LogP contribution in [0, 0.1) is 5.82 Å². The van der Waals surface area contributed by atoms with Gasteiger partial charge in [0.2, 0.25) is 0 Å². The molecular formula is C10H9FN2O2. The summed E-state index contributed by atoms with van der Waals surface area (Å²) in [5, 5.41) is 2.18. The lowest BCUT2D eigenvalue weighted by Gasteiger charge is -2.16. The summed E-state index contributed by atoms with van der Waals surface area (Å²) in [5.74, 6) is -0.750. The smallest absolute Gasteiger partial charge is 0.311 e. The molecule has 1 aromatic carbocycles. The number of likely N-dealkylation sites (N-methyl/N-ethyl adjacent to an activating group) is 1. The Morgan fingerprint density at radius 1 is 1.27 bits per heavy atom. The van der Waals surface area contributed by atoms with E-state index in [9.17, 15) is 14.0 Å². The van der Waals surface area contributed by atoms with Gasteiger partial charge in [-0.2, -0.15) is 0 Å². The van der Waals surface area contributed by atoms with Gasteiger partial charge < -0.3 is 4.90 Å². The van der Waals surface area contributed by atoms with Crippen molar-refractivity contribution in [1.29, 1.82) is 0 Å². The van der Waals surface area contributed by atoms with Crippen molar-refractivity contribution in [1.82, 2.24) is 10.2 Å². The van der Waals surface area contributed by atoms with Crippen LogP contribution in [0.1, 0.15) is 11.6 Å². The number of carbonyl (C=O) groups excluding carboxylic acids is 2. The highest BCUT2D eigenvalue weighted by molar-refractivity contribution is 6.04. The predicted molar refractivity (Wildman–Crippen MR) is 50.4 cm³/mol. The average Bonchev–Trinajstić information content (AvgIpc) is 2.44. The highest BCUT2D eigenvalue weighted by atomic mass is 19.1. The van der Waals surface area contributed by atoms with Crippen LogP contribution in [0.3, 0.4) is 0 Å². The molecule has 1 aliphatic heterocycles. The van der Waals surface area contributed by atoms with Crippen molar-refractivity contribution < 1.29 is 14.0 Å². The highest BCUT2D eigenvalue weighted by Crippen LogP contribution is 2.23. The topological polar surface area (TPSA) is 49.4 Å². The van der Waals surface area contributed by atoms with Crippen LogP contribution in [0.2, 0.25) is 0 Å². The molecule has 0 spiro atoms. The number of nitrogens with one attached hydrogen (secondary N) is 1. The maximum absolute atomic E-state index is 12.7. The molecule has 78 valence electrons. The third-order valence-corrected chi connectivity index (χ3v) is 2.37. The van der Waals surface area contributed by atoms with Crippen LogP contribution in [-0.2, 0) is 4.79 Å². The Morgan fingerprint density at radius 3 is 2.33 bits per heavy atom. The molecule has 0 bridgehead atoms. The monoisotopic (exact) mass is 208 g/mol. The Kier molecular flexibility index (Phi) is 2.15. The van der Waals surface area contributed by atoms with E-state index in [1.807, 2.05) is 0 Å². The van der Waals surface area contributed by atoms with E-state index < -0.39 is 12.1 Å². The summed E-state index contributed by atoms with van der Waals surface area (Å²) in [6, 6.07) is 4.43. The van der Waals surface area contributed by atoms with E-state index in [0.717, 1.165) is 0 Å². The number of hydrogen-bond acceptors (Lipinski definition) is 2. The van der Waals surface area contributed by atoms with Crippen molar-refractivity contribution in [3.63, 3.8) is 0 Å². The summed E-state index contributed by atoms with van der Waals surface area (Å²) in [6.45, 7) is 0. The summed E-state index contributed by atoms with van der Waals surface area (Å²) in [6.07, 6.45) is 0. The van der Waals surface area contributed by atoms with Crippen LogP contribution in [0.15, 0.2) is 24.3 Å². The lowest BCUT2D eigenvalue weighted by molar-refractivity contribution is -0.121. The van der Waals surface area contributed by atoms with Crippen molar-refractivity contribution in [2.24, 2.45) is 0 Å². The van der Waals surface area contributed by atoms with Crippen LogP contribution >= 0.6 is 0 Å². The fourth-order valence-corrected chi connectivity index (χ4v) is 1.58. The SMILES string of the molecule is CN1C(=O)NC(=O)C1c1ccc(F)cc1. The Hall–Kier alpha value is -1.91. The van der Waals surface area contributed by atoms with Crippen molar-refractivity contribution in [3.8, 4) is 0 Å². The first kappa shape index (κ1) is 9.64. The number of carbonyl (C=O) groups is 2. The molecule has 1 N–H and O–H groups in total. The van der Waals surface area contributed by atoms with Crippen LogP contribution < -0.4 is 5.32 Å². The number of benzene rings is 1. The summed E-state index contributed by atoms with van der Waals surface area (Å²) >= 11 is 0. The number of nitrogens with zero attached hydrogens (tertiary/aromatic N) is 1. The van der Waals surface area contributed by atoms with E-state index in [0.29, 0.717) is 5.56 Å².